The minimum atomic E-state index is -0.0283. The number of hydrogen-bond acceptors (Lipinski definition) is 4. The average molecular weight is 334 g/mol. The van der Waals surface area contributed by atoms with Crippen molar-refractivity contribution in [1.82, 2.24) is 10.6 Å². The zero-order chi connectivity index (χ0) is 17.5. The van der Waals surface area contributed by atoms with Gasteiger partial charge in [-0.05, 0) is 43.1 Å². The minimum Gasteiger partial charge on any atom is -0.385 e. The Morgan fingerprint density at radius 3 is 2.04 bits per heavy atom. The highest BCUT2D eigenvalue weighted by atomic mass is 15.0. The molecule has 0 bridgehead atoms. The Morgan fingerprint density at radius 2 is 1.52 bits per heavy atom. The highest BCUT2D eigenvalue weighted by molar-refractivity contribution is 5.94. The van der Waals surface area contributed by atoms with E-state index in [1.54, 1.807) is 6.08 Å². The summed E-state index contributed by atoms with van der Waals surface area (Å²) in [4.78, 5) is 0. The van der Waals surface area contributed by atoms with Crippen LogP contribution in [0, 0.1) is 11.3 Å². The molecular formula is C21H26N4. The Morgan fingerprint density at radius 1 is 1.00 bits per heavy atom. The fourth-order valence-corrected chi connectivity index (χ4v) is 3.28. The second-order valence-corrected chi connectivity index (χ2v) is 6.48. The summed E-state index contributed by atoms with van der Waals surface area (Å²) in [6.07, 6.45) is 3.79. The molecule has 0 spiro atoms. The van der Waals surface area contributed by atoms with Crippen LogP contribution in [0.1, 0.15) is 30.0 Å². The molecule has 1 fully saturated rings. The van der Waals surface area contributed by atoms with E-state index in [-0.39, 0.29) is 6.04 Å². The Bertz CT molecular complexity index is 664. The minimum absolute atomic E-state index is 0.0283. The van der Waals surface area contributed by atoms with Crippen molar-refractivity contribution in [2.45, 2.75) is 18.9 Å². The fraction of sp³-hybridized carbons (Fsp3) is 0.286. The quantitative estimate of drug-likeness (QED) is 0.613. The molecule has 0 saturated carbocycles. The molecule has 25 heavy (non-hydrogen) atoms. The van der Waals surface area contributed by atoms with Crippen LogP contribution in [-0.4, -0.2) is 18.8 Å². The number of nitrogens with two attached hydrogens (primary N) is 1. The number of nitrogens with one attached hydrogen (secondary N) is 3. The second-order valence-electron chi connectivity index (χ2n) is 6.48. The number of piperidine rings is 1. The molecule has 4 heteroatoms. The van der Waals surface area contributed by atoms with Gasteiger partial charge in [-0.25, -0.2) is 0 Å². The third kappa shape index (κ3) is 4.70. The fourth-order valence-electron chi connectivity index (χ4n) is 3.28. The second kappa shape index (κ2) is 8.49. The van der Waals surface area contributed by atoms with E-state index in [9.17, 15) is 0 Å². The molecule has 0 unspecified atom stereocenters. The average Bonchev–Trinajstić information content (AvgIpc) is 2.68. The Balaban J connectivity index is 1.77. The van der Waals surface area contributed by atoms with Gasteiger partial charge in [0.2, 0.25) is 0 Å². The van der Waals surface area contributed by atoms with E-state index in [4.69, 9.17) is 11.1 Å². The van der Waals surface area contributed by atoms with E-state index >= 15 is 0 Å². The first kappa shape index (κ1) is 17.2. The molecule has 0 radical (unpaired) electrons. The number of hydrogen-bond donors (Lipinski definition) is 4. The van der Waals surface area contributed by atoms with Crippen molar-refractivity contribution in [3.8, 4) is 0 Å². The summed E-state index contributed by atoms with van der Waals surface area (Å²) < 4.78 is 0. The van der Waals surface area contributed by atoms with Gasteiger partial charge >= 0.3 is 0 Å². The molecule has 0 amide bonds. The first-order chi connectivity index (χ1) is 12.2. The first-order valence-corrected chi connectivity index (χ1v) is 8.87. The van der Waals surface area contributed by atoms with Crippen LogP contribution in [0.5, 0.6) is 0 Å². The van der Waals surface area contributed by atoms with Crippen molar-refractivity contribution in [2.75, 3.05) is 13.1 Å². The van der Waals surface area contributed by atoms with Crippen molar-refractivity contribution < 1.29 is 0 Å². The van der Waals surface area contributed by atoms with Crippen LogP contribution in [0.3, 0.4) is 0 Å². The molecular weight excluding hydrogens is 308 g/mol. The number of rotatable bonds is 6. The maximum Gasteiger partial charge on any atom is 0.0985 e. The van der Waals surface area contributed by atoms with Crippen LogP contribution in [0.25, 0.3) is 0 Å². The third-order valence-corrected chi connectivity index (χ3v) is 4.67. The molecule has 1 aliphatic rings. The van der Waals surface area contributed by atoms with Crippen molar-refractivity contribution in [3.05, 3.63) is 83.7 Å². The summed E-state index contributed by atoms with van der Waals surface area (Å²) in [5.74, 6) is 0.842. The topological polar surface area (TPSA) is 73.9 Å². The highest BCUT2D eigenvalue weighted by Crippen LogP contribution is 2.22. The van der Waals surface area contributed by atoms with Gasteiger partial charge in [-0.15, -0.1) is 0 Å². The van der Waals surface area contributed by atoms with Crippen LogP contribution < -0.4 is 16.4 Å². The van der Waals surface area contributed by atoms with Gasteiger partial charge in [-0.3, -0.25) is 0 Å². The van der Waals surface area contributed by atoms with Crippen LogP contribution in [-0.2, 0) is 0 Å². The van der Waals surface area contributed by atoms with Crippen molar-refractivity contribution in [3.63, 3.8) is 0 Å². The van der Waals surface area contributed by atoms with Crippen LogP contribution in [0.2, 0.25) is 0 Å². The lowest BCUT2D eigenvalue weighted by atomic mass is 9.92. The molecule has 3 rings (SSSR count). The molecule has 1 aliphatic heterocycles. The van der Waals surface area contributed by atoms with Gasteiger partial charge in [0.25, 0.3) is 0 Å². The van der Waals surface area contributed by atoms with Gasteiger partial charge in [0, 0.05) is 11.6 Å². The molecule has 0 aromatic heterocycles. The molecule has 1 saturated heterocycles. The maximum atomic E-state index is 8.34. The zero-order valence-corrected chi connectivity index (χ0v) is 14.4. The monoisotopic (exact) mass is 334 g/mol. The highest BCUT2D eigenvalue weighted by Gasteiger charge is 2.18. The van der Waals surface area contributed by atoms with Crippen LogP contribution >= 0.6 is 0 Å². The number of benzene rings is 2. The summed E-state index contributed by atoms with van der Waals surface area (Å²) in [6, 6.07) is 20.5. The molecule has 1 heterocycles. The third-order valence-electron chi connectivity index (χ3n) is 4.67. The number of allylic oxidation sites excluding steroid dienone is 1. The van der Waals surface area contributed by atoms with Gasteiger partial charge in [0.1, 0.15) is 0 Å². The van der Waals surface area contributed by atoms with Crippen LogP contribution in [0.4, 0.5) is 0 Å². The predicted octanol–water partition coefficient (Wildman–Crippen LogP) is 3.19. The van der Waals surface area contributed by atoms with Gasteiger partial charge in [-0.2, -0.15) is 0 Å². The van der Waals surface area contributed by atoms with Crippen molar-refractivity contribution >= 4 is 5.71 Å². The van der Waals surface area contributed by atoms with Gasteiger partial charge in [0.15, 0.2) is 0 Å². The largest absolute Gasteiger partial charge is 0.385 e. The van der Waals surface area contributed by atoms with E-state index in [1.165, 1.54) is 0 Å². The van der Waals surface area contributed by atoms with E-state index in [0.717, 1.165) is 37.1 Å². The molecule has 0 aliphatic carbocycles. The van der Waals surface area contributed by atoms with E-state index < -0.39 is 0 Å². The van der Waals surface area contributed by atoms with Gasteiger partial charge in [0.05, 0.1) is 11.9 Å². The Labute approximate surface area is 149 Å². The van der Waals surface area contributed by atoms with Gasteiger partial charge < -0.3 is 21.8 Å². The molecule has 4 nitrogen and oxygen atoms in total. The van der Waals surface area contributed by atoms with E-state index in [0.29, 0.717) is 17.5 Å². The van der Waals surface area contributed by atoms with E-state index in [2.05, 4.69) is 34.9 Å². The van der Waals surface area contributed by atoms with Crippen LogP contribution in [0.15, 0.2) is 72.6 Å². The normalized spacial score (nSPS) is 16.0. The Hall–Kier alpha value is -2.59. The molecule has 2 aromatic carbocycles. The summed E-state index contributed by atoms with van der Waals surface area (Å²) in [7, 11) is 0. The Kier molecular flexibility index (Phi) is 5.86. The summed E-state index contributed by atoms with van der Waals surface area (Å²) >= 11 is 0. The lowest BCUT2D eigenvalue weighted by Crippen LogP contribution is -2.32. The molecule has 130 valence electrons. The zero-order valence-electron chi connectivity index (χ0n) is 14.4. The lowest BCUT2D eigenvalue weighted by molar-refractivity contribution is 0.456. The summed E-state index contributed by atoms with van der Waals surface area (Å²) in [6.45, 7) is 1.95. The predicted molar refractivity (Wildman–Crippen MR) is 103 cm³/mol. The van der Waals surface area contributed by atoms with E-state index in [1.807, 2.05) is 36.4 Å². The molecule has 5 N–H and O–H groups in total. The van der Waals surface area contributed by atoms with Gasteiger partial charge in [-0.1, -0.05) is 60.7 Å². The smallest absolute Gasteiger partial charge is 0.0985 e. The summed E-state index contributed by atoms with van der Waals surface area (Å²) in [5, 5.41) is 15.1. The molecule has 2 aromatic rings. The first-order valence-electron chi connectivity index (χ1n) is 8.87. The standard InChI is InChI=1S/C21H26N4/c22-19(16-11-13-24-14-12-16)15-20(23)25-21(17-7-3-1-4-8-17)18-9-5-2-6-10-18/h1-10,15-16,21-22,24-25H,11-14,23H2/b20-15-,22-19?. The summed E-state index contributed by atoms with van der Waals surface area (Å²) in [5.41, 5.74) is 9.17. The lowest BCUT2D eigenvalue weighted by Gasteiger charge is -2.24. The van der Waals surface area contributed by atoms with Crippen molar-refractivity contribution in [2.24, 2.45) is 11.7 Å². The maximum absolute atomic E-state index is 8.34. The SMILES string of the molecule is N=C(/C=C(/N)NC(c1ccccc1)c1ccccc1)C1CCNCC1. The van der Waals surface area contributed by atoms with Crippen molar-refractivity contribution in [1.29, 1.82) is 5.41 Å². The molecule has 0 atom stereocenters.